The Morgan fingerprint density at radius 2 is 1.83 bits per heavy atom. The molecule has 2 N–H and O–H groups in total. The van der Waals surface area contributed by atoms with Crippen molar-refractivity contribution in [1.29, 1.82) is 0 Å². The van der Waals surface area contributed by atoms with Crippen molar-refractivity contribution < 1.29 is 24.5 Å². The lowest BCUT2D eigenvalue weighted by Gasteiger charge is -2.22. The van der Waals surface area contributed by atoms with Gasteiger partial charge in [0.05, 0.1) is 18.1 Å². The molecule has 2 fully saturated rings. The van der Waals surface area contributed by atoms with E-state index in [4.69, 9.17) is 14.9 Å². The average molecular weight is 328 g/mol. The smallest absolute Gasteiger partial charge is 0.306 e. The van der Waals surface area contributed by atoms with Gasteiger partial charge in [0.1, 0.15) is 0 Å². The summed E-state index contributed by atoms with van der Waals surface area (Å²) in [7, 11) is 0. The van der Waals surface area contributed by atoms with Gasteiger partial charge in [0.2, 0.25) is 0 Å². The highest BCUT2D eigenvalue weighted by Gasteiger charge is 2.45. The number of epoxide rings is 1. The Labute approximate surface area is 139 Å². The summed E-state index contributed by atoms with van der Waals surface area (Å²) >= 11 is 0. The second-order valence-electron chi connectivity index (χ2n) is 8.22. The molecule has 2 aliphatic rings. The fourth-order valence-corrected chi connectivity index (χ4v) is 3.38. The number of ether oxygens (including phenoxy) is 1. The topological polar surface area (TPSA) is 87.1 Å². The number of carboxylic acid groups (broad SMARTS) is 2. The molecule has 1 aliphatic carbocycles. The summed E-state index contributed by atoms with van der Waals surface area (Å²) in [4.78, 5) is 20.7. The molecule has 1 saturated heterocycles. The predicted molar refractivity (Wildman–Crippen MR) is 88.4 cm³/mol. The first-order chi connectivity index (χ1) is 10.6. The van der Waals surface area contributed by atoms with Crippen LogP contribution < -0.4 is 0 Å². The van der Waals surface area contributed by atoms with Gasteiger partial charge in [0, 0.05) is 6.42 Å². The minimum absolute atomic E-state index is 0.135. The van der Waals surface area contributed by atoms with Crippen LogP contribution in [0, 0.1) is 17.3 Å². The minimum atomic E-state index is -0.678. The van der Waals surface area contributed by atoms with Crippen LogP contribution in [0.1, 0.15) is 72.6 Å². The van der Waals surface area contributed by atoms with Gasteiger partial charge in [-0.2, -0.15) is 0 Å². The van der Waals surface area contributed by atoms with E-state index < -0.39 is 11.9 Å². The Kier molecular flexibility index (Phi) is 7.52. The van der Waals surface area contributed by atoms with Crippen LogP contribution in [0.5, 0.6) is 0 Å². The summed E-state index contributed by atoms with van der Waals surface area (Å²) in [5, 5.41) is 17.1. The zero-order valence-corrected chi connectivity index (χ0v) is 14.9. The van der Waals surface area contributed by atoms with Crippen LogP contribution in [0.3, 0.4) is 0 Å². The molecule has 0 aromatic heterocycles. The van der Waals surface area contributed by atoms with Crippen LogP contribution in [0.25, 0.3) is 0 Å². The molecule has 23 heavy (non-hydrogen) atoms. The van der Waals surface area contributed by atoms with Gasteiger partial charge in [-0.3, -0.25) is 9.59 Å². The van der Waals surface area contributed by atoms with E-state index in [2.05, 4.69) is 27.7 Å². The van der Waals surface area contributed by atoms with Crippen LogP contribution in [0.2, 0.25) is 0 Å². The highest BCUT2D eigenvalue weighted by molar-refractivity contribution is 5.70. The molecular weight excluding hydrogens is 296 g/mol. The maximum absolute atomic E-state index is 10.5. The molecule has 0 amide bonds. The monoisotopic (exact) mass is 328 g/mol. The van der Waals surface area contributed by atoms with Crippen molar-refractivity contribution in [2.24, 2.45) is 17.3 Å². The third-order valence-corrected chi connectivity index (χ3v) is 4.40. The van der Waals surface area contributed by atoms with Crippen LogP contribution in [0.15, 0.2) is 0 Å². The lowest BCUT2D eigenvalue weighted by Crippen LogP contribution is -2.21. The van der Waals surface area contributed by atoms with Crippen molar-refractivity contribution >= 4 is 11.9 Å². The fraction of sp³-hybridized carbons (Fsp3) is 0.889. The van der Waals surface area contributed by atoms with Gasteiger partial charge in [0.15, 0.2) is 0 Å². The molecule has 0 aromatic rings. The molecule has 0 aromatic carbocycles. The van der Waals surface area contributed by atoms with Gasteiger partial charge in [-0.05, 0) is 43.4 Å². The number of rotatable bonds is 6. The van der Waals surface area contributed by atoms with Crippen LogP contribution in [0.4, 0.5) is 0 Å². The first kappa shape index (κ1) is 19.9. The van der Waals surface area contributed by atoms with Gasteiger partial charge in [-0.25, -0.2) is 0 Å². The van der Waals surface area contributed by atoms with Gasteiger partial charge >= 0.3 is 11.9 Å². The third kappa shape index (κ3) is 8.94. The molecule has 4 unspecified atom stereocenters. The SMILES string of the molecule is CC(CCCC(=O)O)CC(C)(C)C.O=C(O)C1CCC2OC2C1. The number of hydrogen-bond acceptors (Lipinski definition) is 3. The van der Waals surface area contributed by atoms with E-state index >= 15 is 0 Å². The van der Waals surface area contributed by atoms with E-state index in [-0.39, 0.29) is 12.0 Å². The summed E-state index contributed by atoms with van der Waals surface area (Å²) in [6.45, 7) is 8.87. The molecule has 1 saturated carbocycles. The van der Waals surface area contributed by atoms with Crippen molar-refractivity contribution in [3.63, 3.8) is 0 Å². The van der Waals surface area contributed by atoms with Crippen LogP contribution in [-0.2, 0) is 14.3 Å². The molecule has 2 rings (SSSR count). The Morgan fingerprint density at radius 3 is 2.30 bits per heavy atom. The van der Waals surface area contributed by atoms with E-state index in [0.29, 0.717) is 23.9 Å². The Bertz CT molecular complexity index is 399. The molecule has 0 radical (unpaired) electrons. The van der Waals surface area contributed by atoms with Gasteiger partial charge < -0.3 is 14.9 Å². The number of fused-ring (bicyclic) bond motifs is 1. The Hall–Kier alpha value is -1.10. The molecule has 1 aliphatic heterocycles. The summed E-state index contributed by atoms with van der Waals surface area (Å²) in [5.41, 5.74) is 0.364. The Balaban J connectivity index is 0.000000235. The summed E-state index contributed by atoms with van der Waals surface area (Å²) in [6, 6.07) is 0. The summed E-state index contributed by atoms with van der Waals surface area (Å²) < 4.78 is 5.19. The maximum atomic E-state index is 10.5. The zero-order valence-electron chi connectivity index (χ0n) is 14.9. The molecule has 5 heteroatoms. The van der Waals surface area contributed by atoms with Crippen LogP contribution in [-0.4, -0.2) is 34.4 Å². The maximum Gasteiger partial charge on any atom is 0.306 e. The predicted octanol–water partition coefficient (Wildman–Crippen LogP) is 3.95. The van der Waals surface area contributed by atoms with Crippen molar-refractivity contribution in [2.75, 3.05) is 0 Å². The van der Waals surface area contributed by atoms with Crippen molar-refractivity contribution in [3.05, 3.63) is 0 Å². The number of aliphatic carboxylic acids is 2. The first-order valence-corrected chi connectivity index (χ1v) is 8.68. The molecule has 134 valence electrons. The van der Waals surface area contributed by atoms with E-state index in [1.54, 1.807) is 0 Å². The second-order valence-corrected chi connectivity index (χ2v) is 8.22. The number of hydrogen-bond donors (Lipinski definition) is 2. The molecule has 0 spiro atoms. The standard InChI is InChI=1S/C11H22O2.C7H10O3/c1-9(8-11(2,3)4)6-5-7-10(12)13;8-7(9)4-1-2-5-6(3-4)10-5/h9H,5-8H2,1-4H3,(H,12,13);4-6H,1-3H2,(H,8,9). The minimum Gasteiger partial charge on any atom is -0.481 e. The van der Waals surface area contributed by atoms with E-state index in [9.17, 15) is 9.59 Å². The molecule has 4 atom stereocenters. The van der Waals surface area contributed by atoms with Crippen molar-refractivity contribution in [1.82, 2.24) is 0 Å². The lowest BCUT2D eigenvalue weighted by atomic mass is 9.83. The van der Waals surface area contributed by atoms with Crippen molar-refractivity contribution in [2.45, 2.75) is 84.8 Å². The number of carbonyl (C=O) groups is 2. The molecule has 0 bridgehead atoms. The quantitative estimate of drug-likeness (QED) is 0.721. The van der Waals surface area contributed by atoms with Crippen molar-refractivity contribution in [3.8, 4) is 0 Å². The highest BCUT2D eigenvalue weighted by Crippen LogP contribution is 2.39. The number of carboxylic acids is 2. The van der Waals surface area contributed by atoms with Gasteiger partial charge in [0.25, 0.3) is 0 Å². The molecule has 5 nitrogen and oxygen atoms in total. The largest absolute Gasteiger partial charge is 0.481 e. The first-order valence-electron chi connectivity index (χ1n) is 8.68. The summed E-state index contributed by atoms with van der Waals surface area (Å²) in [5.74, 6) is -0.833. The van der Waals surface area contributed by atoms with E-state index in [1.807, 2.05) is 0 Å². The third-order valence-electron chi connectivity index (χ3n) is 4.40. The Morgan fingerprint density at radius 1 is 1.17 bits per heavy atom. The van der Waals surface area contributed by atoms with E-state index in [1.165, 1.54) is 6.42 Å². The normalized spacial score (nSPS) is 27.2. The lowest BCUT2D eigenvalue weighted by molar-refractivity contribution is -0.142. The van der Waals surface area contributed by atoms with Gasteiger partial charge in [-0.15, -0.1) is 0 Å². The van der Waals surface area contributed by atoms with Crippen LogP contribution >= 0.6 is 0 Å². The molecular formula is C18H32O5. The van der Waals surface area contributed by atoms with Gasteiger partial charge in [-0.1, -0.05) is 34.1 Å². The zero-order chi connectivity index (χ0) is 17.6. The molecule has 1 heterocycles. The van der Waals surface area contributed by atoms with E-state index in [0.717, 1.165) is 32.1 Å². The fourth-order valence-electron chi connectivity index (χ4n) is 3.38. The summed E-state index contributed by atoms with van der Waals surface area (Å²) in [6.07, 6.45) is 6.51. The highest BCUT2D eigenvalue weighted by atomic mass is 16.6. The second kappa shape index (κ2) is 8.67. The average Bonchev–Trinajstić information content (AvgIpc) is 3.14.